The molecule has 3 rings (SSSR count). The summed E-state index contributed by atoms with van der Waals surface area (Å²) in [6.45, 7) is -0.604. The van der Waals surface area contributed by atoms with Crippen molar-refractivity contribution in [1.82, 2.24) is 4.98 Å². The van der Waals surface area contributed by atoms with E-state index in [-0.39, 0.29) is 0 Å². The zero-order chi connectivity index (χ0) is 12.5. The summed E-state index contributed by atoms with van der Waals surface area (Å²) >= 11 is 0. The van der Waals surface area contributed by atoms with Crippen molar-refractivity contribution in [3.63, 3.8) is 0 Å². The highest BCUT2D eigenvalue weighted by atomic mass is 16.6. The Labute approximate surface area is 104 Å². The number of aliphatic hydroxyl groups is 1. The first-order valence-corrected chi connectivity index (χ1v) is 5.64. The van der Waals surface area contributed by atoms with Gasteiger partial charge in [-0.25, -0.2) is 0 Å². The second kappa shape index (κ2) is 4.23. The lowest BCUT2D eigenvalue weighted by Crippen LogP contribution is -2.15. The zero-order valence-corrected chi connectivity index (χ0v) is 9.54. The first-order chi connectivity index (χ1) is 8.83. The van der Waals surface area contributed by atoms with Crippen LogP contribution in [0.15, 0.2) is 42.6 Å². The first-order valence-electron chi connectivity index (χ1n) is 5.64. The lowest BCUT2D eigenvalue weighted by Gasteiger charge is -2.10. The number of aromatic nitrogens is 1. The monoisotopic (exact) mass is 241 g/mol. The van der Waals surface area contributed by atoms with Crippen LogP contribution in [0.5, 0.6) is 0 Å². The molecule has 1 atom stereocenters. The summed E-state index contributed by atoms with van der Waals surface area (Å²) in [5.41, 5.74) is 3.47. The maximum atomic E-state index is 12.0. The van der Waals surface area contributed by atoms with Crippen LogP contribution in [0.25, 0.3) is 11.3 Å². The number of nitrogens with zero attached hydrogens (tertiary/aromatic N) is 1. The van der Waals surface area contributed by atoms with Crippen molar-refractivity contribution >= 4 is 5.97 Å². The molecule has 0 saturated heterocycles. The van der Waals surface area contributed by atoms with Gasteiger partial charge >= 0.3 is 5.97 Å². The van der Waals surface area contributed by atoms with Crippen LogP contribution in [0.1, 0.15) is 17.0 Å². The minimum Gasteiger partial charge on any atom is -0.438 e. The Morgan fingerprint density at radius 1 is 1.22 bits per heavy atom. The molecule has 1 N–H and O–H groups in total. The summed E-state index contributed by atoms with van der Waals surface area (Å²) in [6, 6.07) is 11.3. The summed E-state index contributed by atoms with van der Waals surface area (Å²) in [7, 11) is 0. The van der Waals surface area contributed by atoms with Crippen LogP contribution >= 0.6 is 0 Å². The van der Waals surface area contributed by atoms with Crippen LogP contribution in [0.4, 0.5) is 0 Å². The van der Waals surface area contributed by atoms with Gasteiger partial charge in [0.2, 0.25) is 0 Å². The third-order valence-corrected chi connectivity index (χ3v) is 3.12. The predicted molar refractivity (Wildman–Crippen MR) is 64.7 cm³/mol. The molecule has 0 fully saturated rings. The van der Waals surface area contributed by atoms with E-state index in [0.29, 0.717) is 0 Å². The summed E-state index contributed by atoms with van der Waals surface area (Å²) in [5.74, 6) is -0.936. The van der Waals surface area contributed by atoms with Crippen molar-refractivity contribution in [2.75, 3.05) is 6.79 Å². The molecule has 0 spiro atoms. The van der Waals surface area contributed by atoms with Crippen molar-refractivity contribution in [3.8, 4) is 11.3 Å². The molecule has 4 nitrogen and oxygen atoms in total. The van der Waals surface area contributed by atoms with Gasteiger partial charge in [-0.05, 0) is 17.2 Å². The van der Waals surface area contributed by atoms with Crippen molar-refractivity contribution < 1.29 is 14.6 Å². The van der Waals surface area contributed by atoms with Crippen LogP contribution < -0.4 is 0 Å². The van der Waals surface area contributed by atoms with E-state index in [1.165, 1.54) is 0 Å². The van der Waals surface area contributed by atoms with Crippen molar-refractivity contribution in [3.05, 3.63) is 53.7 Å². The lowest BCUT2D eigenvalue weighted by atomic mass is 9.98. The molecular formula is C14H11NO3. The van der Waals surface area contributed by atoms with Gasteiger partial charge < -0.3 is 9.84 Å². The fraction of sp³-hybridized carbons (Fsp3) is 0.143. The number of hydrogen-bond donors (Lipinski definition) is 1. The standard InChI is InChI=1S/C14H11NO3/c16-8-18-14(17)12-9-4-1-2-5-10(9)13-11(12)6-3-7-15-13/h1-7,12,16H,8H2. The fourth-order valence-corrected chi connectivity index (χ4v) is 2.41. The number of carbonyl (C=O) groups excluding carboxylic acids is 1. The molecule has 0 amide bonds. The van der Waals surface area contributed by atoms with Gasteiger partial charge in [-0.15, -0.1) is 0 Å². The van der Waals surface area contributed by atoms with Crippen LogP contribution in [0.3, 0.4) is 0 Å². The number of ether oxygens (including phenoxy) is 1. The molecule has 0 saturated carbocycles. The maximum absolute atomic E-state index is 12.0. The Morgan fingerprint density at radius 2 is 2.00 bits per heavy atom. The smallest absolute Gasteiger partial charge is 0.320 e. The summed E-state index contributed by atoms with van der Waals surface area (Å²) in [4.78, 5) is 16.3. The zero-order valence-electron chi connectivity index (χ0n) is 9.54. The fourth-order valence-electron chi connectivity index (χ4n) is 2.41. The van der Waals surface area contributed by atoms with Crippen LogP contribution in [-0.2, 0) is 9.53 Å². The van der Waals surface area contributed by atoms with Crippen LogP contribution in [0.2, 0.25) is 0 Å². The second-order valence-corrected chi connectivity index (χ2v) is 4.05. The molecule has 1 unspecified atom stereocenters. The van der Waals surface area contributed by atoms with Gasteiger partial charge in [-0.1, -0.05) is 30.3 Å². The van der Waals surface area contributed by atoms with Crippen LogP contribution in [0, 0.1) is 0 Å². The van der Waals surface area contributed by atoms with Crippen molar-refractivity contribution in [2.24, 2.45) is 0 Å². The number of rotatable bonds is 2. The molecular weight excluding hydrogens is 230 g/mol. The average molecular weight is 241 g/mol. The second-order valence-electron chi connectivity index (χ2n) is 4.05. The largest absolute Gasteiger partial charge is 0.438 e. The van der Waals surface area contributed by atoms with Gasteiger partial charge in [0.25, 0.3) is 0 Å². The van der Waals surface area contributed by atoms with E-state index in [4.69, 9.17) is 9.84 Å². The predicted octanol–water partition coefficient (Wildman–Crippen LogP) is 1.69. The number of esters is 1. The van der Waals surface area contributed by atoms with Gasteiger partial charge in [-0.2, -0.15) is 0 Å². The Bertz CT molecular complexity index is 564. The molecule has 1 heterocycles. The van der Waals surface area contributed by atoms with E-state index < -0.39 is 18.7 Å². The maximum Gasteiger partial charge on any atom is 0.320 e. The summed E-state index contributed by atoms with van der Waals surface area (Å²) in [5, 5.41) is 8.73. The Balaban J connectivity index is 2.18. The number of aliphatic hydroxyl groups excluding tert-OH is 1. The van der Waals surface area contributed by atoms with Crippen molar-refractivity contribution in [1.29, 1.82) is 0 Å². The minimum atomic E-state index is -0.604. The molecule has 1 aliphatic rings. The molecule has 1 aromatic carbocycles. The molecule has 90 valence electrons. The van der Waals surface area contributed by atoms with E-state index in [0.717, 1.165) is 22.4 Å². The van der Waals surface area contributed by atoms with Crippen molar-refractivity contribution in [2.45, 2.75) is 5.92 Å². The number of carbonyl (C=O) groups is 1. The van der Waals surface area contributed by atoms with E-state index in [9.17, 15) is 4.79 Å². The van der Waals surface area contributed by atoms with Gasteiger partial charge in [-0.3, -0.25) is 9.78 Å². The number of hydrogen-bond acceptors (Lipinski definition) is 4. The molecule has 1 aliphatic carbocycles. The average Bonchev–Trinajstić information content (AvgIpc) is 2.73. The topological polar surface area (TPSA) is 59.4 Å². The Morgan fingerprint density at radius 3 is 2.83 bits per heavy atom. The minimum absolute atomic E-state index is 0.447. The summed E-state index contributed by atoms with van der Waals surface area (Å²) < 4.78 is 4.73. The van der Waals surface area contributed by atoms with E-state index >= 15 is 0 Å². The third kappa shape index (κ3) is 1.50. The Kier molecular flexibility index (Phi) is 2.57. The molecule has 0 radical (unpaired) electrons. The molecule has 2 aromatic rings. The highest BCUT2D eigenvalue weighted by Gasteiger charge is 2.35. The van der Waals surface area contributed by atoms with E-state index in [2.05, 4.69) is 4.98 Å². The van der Waals surface area contributed by atoms with Gasteiger partial charge in [0.15, 0.2) is 6.79 Å². The summed E-state index contributed by atoms with van der Waals surface area (Å²) in [6.07, 6.45) is 1.70. The normalized spacial score (nSPS) is 15.9. The number of fused-ring (bicyclic) bond motifs is 3. The molecule has 0 bridgehead atoms. The molecule has 18 heavy (non-hydrogen) atoms. The van der Waals surface area contributed by atoms with E-state index in [1.807, 2.05) is 30.3 Å². The van der Waals surface area contributed by atoms with Gasteiger partial charge in [0.1, 0.15) is 5.92 Å². The lowest BCUT2D eigenvalue weighted by molar-refractivity contribution is -0.152. The quantitative estimate of drug-likeness (QED) is 0.642. The van der Waals surface area contributed by atoms with Crippen LogP contribution in [-0.4, -0.2) is 22.9 Å². The van der Waals surface area contributed by atoms with E-state index in [1.54, 1.807) is 12.3 Å². The number of benzene rings is 1. The SMILES string of the molecule is O=C(OCO)C1c2ccccc2-c2ncccc21. The molecule has 4 heteroatoms. The highest BCUT2D eigenvalue weighted by molar-refractivity contribution is 5.92. The highest BCUT2D eigenvalue weighted by Crippen LogP contribution is 2.43. The third-order valence-electron chi connectivity index (χ3n) is 3.12. The Hall–Kier alpha value is -2.20. The first kappa shape index (κ1) is 10.9. The molecule has 1 aromatic heterocycles. The number of pyridine rings is 1. The van der Waals surface area contributed by atoms with Gasteiger partial charge in [0, 0.05) is 11.8 Å². The van der Waals surface area contributed by atoms with Gasteiger partial charge in [0.05, 0.1) is 5.69 Å². The molecule has 0 aliphatic heterocycles.